The van der Waals surface area contributed by atoms with E-state index in [1.807, 2.05) is 30.3 Å². The minimum Gasteiger partial charge on any atom is -0.284 e. The SMILES string of the molecule is CCS(=O)(=O)Nc1ccc(C2=NN(S(=O)(=O)c3ccc(F)cc3)[C@H](c3ccccc3)C2)cc1. The van der Waals surface area contributed by atoms with Crippen LogP contribution in [0.25, 0.3) is 0 Å². The van der Waals surface area contributed by atoms with Gasteiger partial charge in [-0.1, -0.05) is 42.5 Å². The Labute approximate surface area is 192 Å². The quantitative estimate of drug-likeness (QED) is 0.542. The molecule has 0 saturated carbocycles. The molecule has 0 saturated heterocycles. The lowest BCUT2D eigenvalue weighted by Crippen LogP contribution is -2.27. The Kier molecular flexibility index (Phi) is 6.22. The van der Waals surface area contributed by atoms with Crippen molar-refractivity contribution in [2.24, 2.45) is 5.10 Å². The summed E-state index contributed by atoms with van der Waals surface area (Å²) in [6.45, 7) is 1.55. The van der Waals surface area contributed by atoms with Crippen molar-refractivity contribution in [3.05, 3.63) is 95.8 Å². The molecule has 0 radical (unpaired) electrons. The molecule has 3 aromatic carbocycles. The number of benzene rings is 3. The summed E-state index contributed by atoms with van der Waals surface area (Å²) < 4.78 is 67.2. The number of hydrogen-bond acceptors (Lipinski definition) is 5. The van der Waals surface area contributed by atoms with Crippen molar-refractivity contribution in [3.8, 4) is 0 Å². The van der Waals surface area contributed by atoms with Crippen molar-refractivity contribution in [1.82, 2.24) is 4.41 Å². The van der Waals surface area contributed by atoms with E-state index in [4.69, 9.17) is 0 Å². The molecule has 0 unspecified atom stereocenters. The molecule has 0 aliphatic carbocycles. The summed E-state index contributed by atoms with van der Waals surface area (Å²) in [5, 5.41) is 4.44. The summed E-state index contributed by atoms with van der Waals surface area (Å²) in [6.07, 6.45) is 0.324. The lowest BCUT2D eigenvalue weighted by atomic mass is 9.99. The van der Waals surface area contributed by atoms with E-state index < -0.39 is 31.9 Å². The maximum atomic E-state index is 13.4. The summed E-state index contributed by atoms with van der Waals surface area (Å²) in [6, 6.07) is 19.8. The van der Waals surface area contributed by atoms with E-state index >= 15 is 0 Å². The predicted octanol–water partition coefficient (Wildman–Crippen LogP) is 4.13. The molecule has 0 aromatic heterocycles. The van der Waals surface area contributed by atoms with Crippen LogP contribution in [0.3, 0.4) is 0 Å². The normalized spacial score (nSPS) is 16.5. The minimum atomic E-state index is -4.04. The van der Waals surface area contributed by atoms with E-state index in [1.165, 1.54) is 12.1 Å². The molecule has 0 spiro atoms. The molecular formula is C23H22FN3O4S2. The Morgan fingerprint density at radius 1 is 0.939 bits per heavy atom. The van der Waals surface area contributed by atoms with Crippen LogP contribution >= 0.6 is 0 Å². The van der Waals surface area contributed by atoms with Gasteiger partial charge in [0, 0.05) is 12.1 Å². The highest BCUT2D eigenvalue weighted by Gasteiger charge is 2.37. The van der Waals surface area contributed by atoms with Crippen LogP contribution in [0, 0.1) is 5.82 Å². The van der Waals surface area contributed by atoms with Crippen molar-refractivity contribution in [1.29, 1.82) is 0 Å². The van der Waals surface area contributed by atoms with Crippen LogP contribution < -0.4 is 4.72 Å². The molecule has 10 heteroatoms. The average Bonchev–Trinajstić information content (AvgIpc) is 3.27. The van der Waals surface area contributed by atoms with Gasteiger partial charge >= 0.3 is 0 Å². The van der Waals surface area contributed by atoms with E-state index in [0.717, 1.165) is 22.1 Å². The van der Waals surface area contributed by atoms with Gasteiger partial charge in [-0.05, 0) is 54.4 Å². The smallest absolute Gasteiger partial charge is 0.279 e. The molecule has 7 nitrogen and oxygen atoms in total. The lowest BCUT2D eigenvalue weighted by molar-refractivity contribution is 0.371. The number of hydrogen-bond donors (Lipinski definition) is 1. The number of rotatable bonds is 7. The highest BCUT2D eigenvalue weighted by Crippen LogP contribution is 2.37. The number of sulfonamides is 2. The van der Waals surface area contributed by atoms with Crippen LogP contribution in [0.2, 0.25) is 0 Å². The molecule has 0 fully saturated rings. The van der Waals surface area contributed by atoms with Crippen LogP contribution in [0.5, 0.6) is 0 Å². The fourth-order valence-electron chi connectivity index (χ4n) is 3.51. The van der Waals surface area contributed by atoms with E-state index in [-0.39, 0.29) is 10.6 Å². The van der Waals surface area contributed by atoms with Crippen molar-refractivity contribution in [3.63, 3.8) is 0 Å². The number of anilines is 1. The number of nitrogens with zero attached hydrogens (tertiary/aromatic N) is 2. The summed E-state index contributed by atoms with van der Waals surface area (Å²) in [7, 11) is -7.45. The highest BCUT2D eigenvalue weighted by atomic mass is 32.2. The van der Waals surface area contributed by atoms with Crippen LogP contribution in [0.15, 0.2) is 88.9 Å². The molecule has 1 N–H and O–H groups in total. The molecule has 1 atom stereocenters. The Bertz CT molecular complexity index is 1370. The first-order valence-corrected chi connectivity index (χ1v) is 13.3. The summed E-state index contributed by atoms with van der Waals surface area (Å²) in [5.41, 5.74) is 2.40. The largest absolute Gasteiger partial charge is 0.284 e. The monoisotopic (exact) mass is 487 g/mol. The van der Waals surface area contributed by atoms with Crippen LogP contribution in [-0.2, 0) is 20.0 Å². The number of hydrazone groups is 1. The van der Waals surface area contributed by atoms with Crippen molar-refractivity contribution < 1.29 is 21.2 Å². The Morgan fingerprint density at radius 2 is 1.58 bits per heavy atom. The highest BCUT2D eigenvalue weighted by molar-refractivity contribution is 7.92. The van der Waals surface area contributed by atoms with Crippen molar-refractivity contribution >= 4 is 31.4 Å². The van der Waals surface area contributed by atoms with Gasteiger partial charge in [-0.25, -0.2) is 12.8 Å². The van der Waals surface area contributed by atoms with Gasteiger partial charge in [0.05, 0.1) is 22.4 Å². The van der Waals surface area contributed by atoms with E-state index in [2.05, 4.69) is 9.82 Å². The first-order chi connectivity index (χ1) is 15.7. The van der Waals surface area contributed by atoms with Gasteiger partial charge in [-0.3, -0.25) is 4.72 Å². The summed E-state index contributed by atoms with van der Waals surface area (Å²) >= 11 is 0. The topological polar surface area (TPSA) is 95.9 Å². The maximum Gasteiger partial charge on any atom is 0.279 e. The van der Waals surface area contributed by atoms with Gasteiger partial charge in [0.1, 0.15) is 5.82 Å². The molecule has 3 aromatic rings. The Balaban J connectivity index is 1.70. The molecular weight excluding hydrogens is 465 g/mol. The summed E-state index contributed by atoms with van der Waals surface area (Å²) in [5.74, 6) is -0.575. The third-order valence-corrected chi connectivity index (χ3v) is 8.29. The molecule has 1 aliphatic heterocycles. The van der Waals surface area contributed by atoms with E-state index in [9.17, 15) is 21.2 Å². The zero-order valence-corrected chi connectivity index (χ0v) is 19.4. The fourth-order valence-corrected chi connectivity index (χ4v) is 5.58. The summed E-state index contributed by atoms with van der Waals surface area (Å²) in [4.78, 5) is -0.0563. The van der Waals surface area contributed by atoms with Gasteiger partial charge < -0.3 is 0 Å². The molecule has 0 amide bonds. The van der Waals surface area contributed by atoms with Crippen molar-refractivity contribution in [2.75, 3.05) is 10.5 Å². The second-order valence-corrected chi connectivity index (χ2v) is 11.3. The van der Waals surface area contributed by atoms with E-state index in [1.54, 1.807) is 31.2 Å². The van der Waals surface area contributed by atoms with Gasteiger partial charge in [-0.2, -0.15) is 17.9 Å². The van der Waals surface area contributed by atoms with Crippen molar-refractivity contribution in [2.45, 2.75) is 24.3 Å². The molecule has 1 aliphatic rings. The average molecular weight is 488 g/mol. The fraction of sp³-hybridized carbons (Fsp3) is 0.174. The minimum absolute atomic E-state index is 0.0452. The molecule has 33 heavy (non-hydrogen) atoms. The van der Waals surface area contributed by atoms with Crippen LogP contribution in [-0.4, -0.2) is 32.7 Å². The third kappa shape index (κ3) is 4.91. The predicted molar refractivity (Wildman–Crippen MR) is 125 cm³/mol. The lowest BCUT2D eigenvalue weighted by Gasteiger charge is -2.23. The van der Waals surface area contributed by atoms with Crippen LogP contribution in [0.1, 0.15) is 30.5 Å². The zero-order chi connectivity index (χ0) is 23.6. The Hall–Kier alpha value is -3.24. The van der Waals surface area contributed by atoms with Crippen LogP contribution in [0.4, 0.5) is 10.1 Å². The third-order valence-electron chi connectivity index (χ3n) is 5.29. The second kappa shape index (κ2) is 8.95. The molecule has 0 bridgehead atoms. The molecule has 4 rings (SSSR count). The first kappa shape index (κ1) is 22.9. The number of halogens is 1. The molecule has 1 heterocycles. The van der Waals surface area contributed by atoms with Gasteiger partial charge in [0.25, 0.3) is 10.0 Å². The second-order valence-electron chi connectivity index (χ2n) is 7.49. The van der Waals surface area contributed by atoms with E-state index in [0.29, 0.717) is 23.4 Å². The van der Waals surface area contributed by atoms with Gasteiger partial charge in [-0.15, -0.1) is 0 Å². The standard InChI is InChI=1S/C23H22FN3O4S2/c1-2-32(28,29)26-20-12-8-17(9-13-20)22-16-23(18-6-4-3-5-7-18)27(25-22)33(30,31)21-14-10-19(24)11-15-21/h3-15,23,26H,2,16H2,1H3/t23-/m0/s1. The van der Waals surface area contributed by atoms with Gasteiger partial charge in [0.2, 0.25) is 10.0 Å². The maximum absolute atomic E-state index is 13.4. The molecule has 172 valence electrons. The Morgan fingerprint density at radius 3 is 2.18 bits per heavy atom. The first-order valence-electron chi connectivity index (χ1n) is 10.2. The zero-order valence-electron chi connectivity index (χ0n) is 17.7. The van der Waals surface area contributed by atoms with Gasteiger partial charge in [0.15, 0.2) is 0 Å². The number of nitrogens with one attached hydrogen (secondary N) is 1.